The van der Waals surface area contributed by atoms with Crippen LogP contribution in [0.4, 0.5) is 0 Å². The minimum atomic E-state index is -3.61. The zero-order chi connectivity index (χ0) is 13.5. The highest BCUT2D eigenvalue weighted by Gasteiger charge is 2.27. The standard InChI is InChI=1S/C10H22N2O4S/c1-5-7-11-17(14,15)12(9(3)4)8-10(13)16-6-2/h9,11H,5-8H2,1-4H3. The summed E-state index contributed by atoms with van der Waals surface area (Å²) in [6.45, 7) is 7.32. The van der Waals surface area contributed by atoms with E-state index < -0.39 is 16.2 Å². The first-order valence-corrected chi connectivity index (χ1v) is 7.21. The molecule has 7 heteroatoms. The molecule has 0 saturated heterocycles. The third kappa shape index (κ3) is 5.99. The Hall–Kier alpha value is -0.660. The smallest absolute Gasteiger partial charge is 0.321 e. The summed E-state index contributed by atoms with van der Waals surface area (Å²) in [5.41, 5.74) is 0. The monoisotopic (exact) mass is 266 g/mol. The van der Waals surface area contributed by atoms with Gasteiger partial charge >= 0.3 is 5.97 Å². The summed E-state index contributed by atoms with van der Waals surface area (Å²) in [7, 11) is -3.61. The van der Waals surface area contributed by atoms with Crippen molar-refractivity contribution in [2.75, 3.05) is 19.7 Å². The van der Waals surface area contributed by atoms with Crippen LogP contribution < -0.4 is 4.72 Å². The van der Waals surface area contributed by atoms with E-state index in [1.807, 2.05) is 6.92 Å². The average Bonchev–Trinajstić information content (AvgIpc) is 2.23. The molecule has 0 rings (SSSR count). The Labute approximate surface area is 104 Å². The molecule has 0 amide bonds. The summed E-state index contributed by atoms with van der Waals surface area (Å²) in [6.07, 6.45) is 0.699. The van der Waals surface area contributed by atoms with Crippen molar-refractivity contribution in [3.8, 4) is 0 Å². The summed E-state index contributed by atoms with van der Waals surface area (Å²) in [5.74, 6) is -0.539. The van der Waals surface area contributed by atoms with Crippen molar-refractivity contribution in [1.82, 2.24) is 9.03 Å². The molecule has 102 valence electrons. The van der Waals surface area contributed by atoms with Crippen molar-refractivity contribution in [2.24, 2.45) is 0 Å². The predicted molar refractivity (Wildman–Crippen MR) is 65.7 cm³/mol. The van der Waals surface area contributed by atoms with Crippen molar-refractivity contribution in [1.29, 1.82) is 0 Å². The molecule has 0 aliphatic rings. The van der Waals surface area contributed by atoms with Crippen LogP contribution in [0.25, 0.3) is 0 Å². The van der Waals surface area contributed by atoms with Crippen LogP contribution in [-0.2, 0) is 19.7 Å². The van der Waals surface area contributed by atoms with Gasteiger partial charge in [0.05, 0.1) is 6.61 Å². The minimum Gasteiger partial charge on any atom is -0.465 e. The number of nitrogens with zero attached hydrogens (tertiary/aromatic N) is 1. The normalized spacial score (nSPS) is 12.1. The van der Waals surface area contributed by atoms with Gasteiger partial charge in [-0.25, -0.2) is 4.72 Å². The van der Waals surface area contributed by atoms with Gasteiger partial charge in [0.1, 0.15) is 6.54 Å². The topological polar surface area (TPSA) is 75.7 Å². The van der Waals surface area contributed by atoms with Crippen molar-refractivity contribution >= 4 is 16.2 Å². The minimum absolute atomic E-state index is 0.243. The second-order valence-corrected chi connectivity index (χ2v) is 5.55. The molecule has 0 saturated carbocycles. The molecule has 0 aliphatic heterocycles. The Kier molecular flexibility index (Phi) is 7.33. The highest BCUT2D eigenvalue weighted by atomic mass is 32.2. The lowest BCUT2D eigenvalue weighted by atomic mass is 10.4. The number of hydrogen-bond acceptors (Lipinski definition) is 4. The van der Waals surface area contributed by atoms with Crippen molar-refractivity contribution in [2.45, 2.75) is 40.2 Å². The van der Waals surface area contributed by atoms with Crippen molar-refractivity contribution in [3.05, 3.63) is 0 Å². The highest BCUT2D eigenvalue weighted by Crippen LogP contribution is 2.05. The largest absolute Gasteiger partial charge is 0.465 e. The van der Waals surface area contributed by atoms with E-state index in [4.69, 9.17) is 4.74 Å². The van der Waals surface area contributed by atoms with Crippen LogP contribution in [0.3, 0.4) is 0 Å². The molecule has 0 bridgehead atoms. The summed E-state index contributed by atoms with van der Waals surface area (Å²) in [4.78, 5) is 11.3. The molecule has 0 aromatic rings. The number of carbonyl (C=O) groups excluding carboxylic acids is 1. The lowest BCUT2D eigenvalue weighted by Crippen LogP contribution is -2.47. The number of ether oxygens (including phenoxy) is 1. The quantitative estimate of drug-likeness (QED) is 0.649. The number of esters is 1. The van der Waals surface area contributed by atoms with E-state index in [0.717, 1.165) is 4.31 Å². The molecule has 0 fully saturated rings. The van der Waals surface area contributed by atoms with Crippen LogP contribution in [-0.4, -0.2) is 44.4 Å². The van der Waals surface area contributed by atoms with Gasteiger partial charge in [0, 0.05) is 12.6 Å². The Balaban J connectivity index is 4.67. The zero-order valence-corrected chi connectivity index (χ0v) is 11.7. The van der Waals surface area contributed by atoms with E-state index in [1.165, 1.54) is 0 Å². The van der Waals surface area contributed by atoms with E-state index in [-0.39, 0.29) is 19.2 Å². The van der Waals surface area contributed by atoms with Gasteiger partial charge in [-0.2, -0.15) is 12.7 Å². The fourth-order valence-electron chi connectivity index (χ4n) is 1.19. The van der Waals surface area contributed by atoms with Gasteiger partial charge in [-0.15, -0.1) is 0 Å². The molecule has 0 aliphatic carbocycles. The van der Waals surface area contributed by atoms with Crippen LogP contribution >= 0.6 is 0 Å². The molecule has 1 N–H and O–H groups in total. The van der Waals surface area contributed by atoms with E-state index in [0.29, 0.717) is 13.0 Å². The molecule has 17 heavy (non-hydrogen) atoms. The zero-order valence-electron chi connectivity index (χ0n) is 10.9. The molecule has 0 heterocycles. The lowest BCUT2D eigenvalue weighted by Gasteiger charge is -2.24. The van der Waals surface area contributed by atoms with Gasteiger partial charge in [0.15, 0.2) is 0 Å². The van der Waals surface area contributed by atoms with Crippen LogP contribution in [0.2, 0.25) is 0 Å². The Morgan fingerprint density at radius 1 is 1.35 bits per heavy atom. The fraction of sp³-hybridized carbons (Fsp3) is 0.900. The first-order valence-electron chi connectivity index (χ1n) is 5.77. The maximum absolute atomic E-state index is 11.9. The Bertz CT molecular complexity index is 327. The van der Waals surface area contributed by atoms with Crippen molar-refractivity contribution < 1.29 is 17.9 Å². The predicted octanol–water partition coefficient (Wildman–Crippen LogP) is 0.504. The number of carbonyl (C=O) groups is 1. The second-order valence-electron chi connectivity index (χ2n) is 3.84. The number of nitrogens with one attached hydrogen (secondary N) is 1. The van der Waals surface area contributed by atoms with Crippen LogP contribution in [0.15, 0.2) is 0 Å². The third-order valence-corrected chi connectivity index (χ3v) is 3.75. The van der Waals surface area contributed by atoms with Gasteiger partial charge in [0.25, 0.3) is 10.2 Å². The van der Waals surface area contributed by atoms with Crippen LogP contribution in [0.1, 0.15) is 34.1 Å². The number of hydrogen-bond donors (Lipinski definition) is 1. The molecular weight excluding hydrogens is 244 g/mol. The maximum Gasteiger partial charge on any atom is 0.321 e. The molecule has 0 atom stereocenters. The lowest BCUT2D eigenvalue weighted by molar-refractivity contribution is -0.143. The molecule has 0 spiro atoms. The van der Waals surface area contributed by atoms with E-state index in [2.05, 4.69) is 4.72 Å². The van der Waals surface area contributed by atoms with Gasteiger partial charge in [0.2, 0.25) is 0 Å². The molecule has 0 unspecified atom stereocenters. The van der Waals surface area contributed by atoms with Gasteiger partial charge in [-0.05, 0) is 27.2 Å². The summed E-state index contributed by atoms with van der Waals surface area (Å²) in [6, 6.07) is -0.297. The van der Waals surface area contributed by atoms with Crippen molar-refractivity contribution in [3.63, 3.8) is 0 Å². The molecular formula is C10H22N2O4S. The molecule has 0 radical (unpaired) electrons. The van der Waals surface area contributed by atoms with Crippen LogP contribution in [0, 0.1) is 0 Å². The Morgan fingerprint density at radius 2 is 1.94 bits per heavy atom. The first kappa shape index (κ1) is 16.3. The summed E-state index contributed by atoms with van der Waals surface area (Å²) in [5, 5.41) is 0. The summed E-state index contributed by atoms with van der Waals surface area (Å²) < 4.78 is 32.0. The van der Waals surface area contributed by atoms with Gasteiger partial charge < -0.3 is 4.74 Å². The Morgan fingerprint density at radius 3 is 2.35 bits per heavy atom. The maximum atomic E-state index is 11.9. The summed E-state index contributed by atoms with van der Waals surface area (Å²) >= 11 is 0. The molecule has 0 aromatic heterocycles. The first-order chi connectivity index (χ1) is 7.85. The van der Waals surface area contributed by atoms with E-state index >= 15 is 0 Å². The molecule has 6 nitrogen and oxygen atoms in total. The molecule has 0 aromatic carbocycles. The number of rotatable bonds is 8. The van der Waals surface area contributed by atoms with Gasteiger partial charge in [-0.1, -0.05) is 6.92 Å². The van der Waals surface area contributed by atoms with Gasteiger partial charge in [-0.3, -0.25) is 4.79 Å². The van der Waals surface area contributed by atoms with E-state index in [9.17, 15) is 13.2 Å². The second kappa shape index (κ2) is 7.62. The van der Waals surface area contributed by atoms with Crippen LogP contribution in [0.5, 0.6) is 0 Å². The van der Waals surface area contributed by atoms with E-state index in [1.54, 1.807) is 20.8 Å². The SMILES string of the molecule is CCCNS(=O)(=O)N(CC(=O)OCC)C(C)C. The highest BCUT2D eigenvalue weighted by molar-refractivity contribution is 7.87. The average molecular weight is 266 g/mol. The fourth-order valence-corrected chi connectivity index (χ4v) is 2.65. The third-order valence-electron chi connectivity index (χ3n) is 2.01.